The molecule has 0 amide bonds. The maximum Gasteiger partial charge on any atom is 0.402 e. The summed E-state index contributed by atoms with van der Waals surface area (Å²) in [7, 11) is 0. The molecule has 65 heavy (non-hydrogen) atoms. The van der Waals surface area contributed by atoms with E-state index in [-0.39, 0.29) is 50.9 Å². The minimum absolute atomic E-state index is 0.0154. The number of aliphatic hydroxyl groups excluding tert-OH is 11. The third-order valence-electron chi connectivity index (χ3n) is 10.8. The van der Waals surface area contributed by atoms with Gasteiger partial charge in [0.25, 0.3) is 0 Å². The number of hydrogen-bond acceptors (Lipinski definition) is 22. The molecule has 7 rings (SSSR count). The first-order valence-corrected chi connectivity index (χ1v) is 19.9. The molecule has 23 nitrogen and oxygen atoms in total. The summed E-state index contributed by atoms with van der Waals surface area (Å²) >= 11 is 0. The quantitative estimate of drug-likeness (QED) is 0.0368. The summed E-state index contributed by atoms with van der Waals surface area (Å²) in [6, 6.07) is 12.8. The predicted molar refractivity (Wildman–Crippen MR) is 214 cm³/mol. The molecule has 1 aromatic heterocycles. The van der Waals surface area contributed by atoms with Gasteiger partial charge in [-0.3, -0.25) is 0 Å². The Morgan fingerprint density at radius 3 is 1.66 bits per heavy atom. The fraction of sp³-hybridized carbons (Fsp3) is 0.429. The van der Waals surface area contributed by atoms with Gasteiger partial charge in [-0.25, -0.2) is 9.21 Å². The van der Waals surface area contributed by atoms with Gasteiger partial charge in [-0.1, -0.05) is 6.07 Å². The molecule has 0 spiro atoms. The SMILES string of the molecule is O=C(/C=C/c1ccc(O)c(O[C@@H]2OC(CO)[C@@H](O)[C@H](O)C2O)c1)OCC1O[C@@H](Oc2cc3c(O[C@@H]4OC(CO)[C@@H](O)[C@H](O)C4O)cc(O)cc3[o+]c2-c2ccc(O)cc2)C(O)C(O)[C@@H]1O. The Morgan fingerprint density at radius 1 is 0.569 bits per heavy atom. The van der Waals surface area contributed by atoms with Gasteiger partial charge in [0.1, 0.15) is 102 Å². The van der Waals surface area contributed by atoms with Crippen molar-refractivity contribution in [1.29, 1.82) is 0 Å². The van der Waals surface area contributed by atoms with Crippen LogP contribution in [0.15, 0.2) is 71.2 Å². The van der Waals surface area contributed by atoms with E-state index in [9.17, 15) is 76.3 Å². The first-order valence-electron chi connectivity index (χ1n) is 19.9. The molecule has 4 heterocycles. The number of ether oxygens (including phenoxy) is 7. The summed E-state index contributed by atoms with van der Waals surface area (Å²) in [6.07, 6.45) is -23.4. The lowest BCUT2D eigenvalue weighted by atomic mass is 9.99. The highest BCUT2D eigenvalue weighted by molar-refractivity contribution is 5.89. The van der Waals surface area contributed by atoms with Crippen LogP contribution in [0.2, 0.25) is 0 Å². The molecule has 0 bridgehead atoms. The minimum atomic E-state index is -1.95. The zero-order valence-electron chi connectivity index (χ0n) is 33.6. The lowest BCUT2D eigenvalue weighted by Gasteiger charge is -2.39. The second kappa shape index (κ2) is 19.9. The average molecular weight is 920 g/mol. The van der Waals surface area contributed by atoms with Crippen LogP contribution in [-0.2, 0) is 23.7 Å². The zero-order chi connectivity index (χ0) is 46.9. The fourth-order valence-corrected chi connectivity index (χ4v) is 7.13. The van der Waals surface area contributed by atoms with E-state index in [4.69, 9.17) is 37.6 Å². The van der Waals surface area contributed by atoms with E-state index >= 15 is 0 Å². The fourth-order valence-electron chi connectivity index (χ4n) is 7.13. The van der Waals surface area contributed by atoms with Crippen molar-refractivity contribution < 1.29 is 114 Å². The number of phenols is 3. The molecule has 352 valence electrons. The molecule has 14 N–H and O–H groups in total. The van der Waals surface area contributed by atoms with Crippen LogP contribution < -0.4 is 14.2 Å². The van der Waals surface area contributed by atoms with Crippen molar-refractivity contribution in [3.8, 4) is 45.8 Å². The van der Waals surface area contributed by atoms with Crippen molar-refractivity contribution >= 4 is 23.0 Å². The number of rotatable bonds is 13. The van der Waals surface area contributed by atoms with Crippen LogP contribution in [0.5, 0.6) is 34.5 Å². The van der Waals surface area contributed by atoms with Crippen molar-refractivity contribution in [2.24, 2.45) is 0 Å². The van der Waals surface area contributed by atoms with Crippen molar-refractivity contribution in [1.82, 2.24) is 0 Å². The van der Waals surface area contributed by atoms with E-state index in [1.165, 1.54) is 60.7 Å². The normalized spacial score (nSPS) is 32.9. The maximum absolute atomic E-state index is 12.8. The molecule has 7 unspecified atom stereocenters. The number of aliphatic hydroxyl groups is 11. The van der Waals surface area contributed by atoms with Crippen molar-refractivity contribution in [3.05, 3.63) is 72.3 Å². The molecule has 3 fully saturated rings. The van der Waals surface area contributed by atoms with E-state index in [0.717, 1.165) is 12.1 Å². The number of carbonyl (C=O) groups excluding carboxylic acids is 1. The van der Waals surface area contributed by atoms with E-state index in [1.807, 2.05) is 0 Å². The Balaban J connectivity index is 1.09. The minimum Gasteiger partial charge on any atom is -0.508 e. The number of esters is 1. The van der Waals surface area contributed by atoms with Gasteiger partial charge in [-0.15, -0.1) is 0 Å². The van der Waals surface area contributed by atoms with Crippen molar-refractivity contribution in [2.75, 3.05) is 19.8 Å². The number of hydrogen-bond donors (Lipinski definition) is 14. The highest BCUT2D eigenvalue weighted by Crippen LogP contribution is 2.42. The third-order valence-corrected chi connectivity index (χ3v) is 10.8. The van der Waals surface area contributed by atoms with Gasteiger partial charge >= 0.3 is 17.3 Å². The summed E-state index contributed by atoms with van der Waals surface area (Å²) < 4.78 is 45.4. The summed E-state index contributed by atoms with van der Waals surface area (Å²) in [5.74, 6) is -2.80. The van der Waals surface area contributed by atoms with E-state index in [0.29, 0.717) is 0 Å². The van der Waals surface area contributed by atoms with Crippen LogP contribution >= 0.6 is 0 Å². The summed E-state index contributed by atoms with van der Waals surface area (Å²) in [4.78, 5) is 12.8. The van der Waals surface area contributed by atoms with E-state index in [1.54, 1.807) is 0 Å². The highest BCUT2D eigenvalue weighted by atomic mass is 16.7. The lowest BCUT2D eigenvalue weighted by Crippen LogP contribution is -2.60. The molecule has 4 aromatic rings. The van der Waals surface area contributed by atoms with Gasteiger partial charge in [0.05, 0.1) is 24.8 Å². The molecular formula is C42H47O23+. The Kier molecular flexibility index (Phi) is 14.6. The molecule has 0 saturated carbocycles. The molecular weight excluding hydrogens is 872 g/mol. The number of carbonyl (C=O) groups is 1. The second-order valence-electron chi connectivity index (χ2n) is 15.3. The molecule has 23 heteroatoms. The van der Waals surface area contributed by atoms with Crippen LogP contribution in [0.3, 0.4) is 0 Å². The van der Waals surface area contributed by atoms with Gasteiger partial charge < -0.3 is 105 Å². The number of aromatic hydroxyl groups is 3. The van der Waals surface area contributed by atoms with Crippen LogP contribution in [0.25, 0.3) is 28.4 Å². The second-order valence-corrected chi connectivity index (χ2v) is 15.3. The van der Waals surface area contributed by atoms with E-state index < -0.39 is 129 Å². The Morgan fingerprint density at radius 2 is 1.09 bits per heavy atom. The smallest absolute Gasteiger partial charge is 0.402 e. The Bertz CT molecular complexity index is 2300. The van der Waals surface area contributed by atoms with Gasteiger partial charge in [0.2, 0.25) is 24.6 Å². The maximum atomic E-state index is 12.8. The monoisotopic (exact) mass is 919 g/mol. The summed E-state index contributed by atoms with van der Waals surface area (Å²) in [5.41, 5.74) is 0.439. The van der Waals surface area contributed by atoms with Crippen molar-refractivity contribution in [2.45, 2.75) is 92.1 Å². The number of benzene rings is 3. The molecule has 0 radical (unpaired) electrons. The molecule has 0 aliphatic carbocycles. The van der Waals surface area contributed by atoms with Crippen molar-refractivity contribution in [3.63, 3.8) is 0 Å². The number of fused-ring (bicyclic) bond motifs is 1. The molecule has 3 aliphatic heterocycles. The molecule has 3 aliphatic rings. The lowest BCUT2D eigenvalue weighted by molar-refractivity contribution is -0.278. The van der Waals surface area contributed by atoms with Crippen LogP contribution in [-0.4, -0.2) is 189 Å². The Hall–Kier alpha value is -5.48. The van der Waals surface area contributed by atoms with E-state index in [2.05, 4.69) is 0 Å². The topological polar surface area (TPSA) is 376 Å². The predicted octanol–water partition coefficient (Wildman–Crippen LogP) is -2.70. The molecule has 3 saturated heterocycles. The molecule has 15 atom stereocenters. The van der Waals surface area contributed by atoms with Gasteiger partial charge in [-0.2, -0.15) is 0 Å². The Labute approximate surface area is 366 Å². The van der Waals surface area contributed by atoms with Gasteiger partial charge in [0.15, 0.2) is 11.5 Å². The van der Waals surface area contributed by atoms with Gasteiger partial charge in [0, 0.05) is 18.2 Å². The third kappa shape index (κ3) is 10.2. The highest BCUT2D eigenvalue weighted by Gasteiger charge is 2.48. The van der Waals surface area contributed by atoms with Crippen LogP contribution in [0.1, 0.15) is 5.56 Å². The van der Waals surface area contributed by atoms with Crippen LogP contribution in [0.4, 0.5) is 0 Å². The van der Waals surface area contributed by atoms with Gasteiger partial charge in [-0.05, 0) is 48.0 Å². The first-order chi connectivity index (χ1) is 31.0. The summed E-state index contributed by atoms with van der Waals surface area (Å²) in [6.45, 7) is -2.19. The van der Waals surface area contributed by atoms with Crippen LogP contribution in [0, 0.1) is 0 Å². The first kappa shape index (κ1) is 47.5. The average Bonchev–Trinajstić information content (AvgIpc) is 3.29. The number of phenolic OH excluding ortho intramolecular Hbond substituents is 3. The largest absolute Gasteiger partial charge is 0.508 e. The summed E-state index contributed by atoms with van der Waals surface area (Å²) in [5, 5.41) is 144. The standard InChI is InChI=1S/C42H46O23/c43-13-26-30(49)33(52)36(55)40(63-26)60-23-11-19(46)10-22-20(23)12-25(39(59-22)17-3-5-18(45)6-4-17)62-42-38(57)35(54)32(51)28(65-42)15-58-29(48)8-2-16-1-7-21(47)24(9-16)61-41-37(56)34(53)31(50)27(14-44)64-41/h1-12,26-28,30-38,40-44,49-57H,13-15H2,(H2-,45,46,47,48)/p+1/t26?,27?,28?,30-,31-,32-,33+,34+,35?,36?,37?,38?,40-,41-,42-/m1/s1. The molecule has 3 aromatic carbocycles. The zero-order valence-corrected chi connectivity index (χ0v) is 33.6.